The van der Waals surface area contributed by atoms with Crippen LogP contribution in [0, 0.1) is 6.92 Å². The number of benzene rings is 2. The van der Waals surface area contributed by atoms with Gasteiger partial charge in [-0.05, 0) is 30.2 Å². The molecule has 0 radical (unpaired) electrons. The van der Waals surface area contributed by atoms with Crippen molar-refractivity contribution < 1.29 is 4.74 Å². The molecule has 0 saturated carbocycles. The second kappa shape index (κ2) is 6.94. The zero-order valence-electron chi connectivity index (χ0n) is 13.6. The number of hydrogen-bond acceptors (Lipinski definition) is 4. The van der Waals surface area contributed by atoms with E-state index in [2.05, 4.69) is 62.5 Å². The Morgan fingerprint density at radius 3 is 2.52 bits per heavy atom. The van der Waals surface area contributed by atoms with Gasteiger partial charge in [0.1, 0.15) is 17.8 Å². The molecule has 4 rings (SSSR count). The molecule has 0 aliphatic carbocycles. The lowest BCUT2D eigenvalue weighted by molar-refractivity contribution is 0.298. The molecule has 0 amide bonds. The monoisotopic (exact) mass is 410 g/mol. The van der Waals surface area contributed by atoms with E-state index < -0.39 is 0 Å². The molecule has 2 aromatic carbocycles. The van der Waals surface area contributed by atoms with E-state index >= 15 is 0 Å². The van der Waals surface area contributed by atoms with Gasteiger partial charge in [-0.1, -0.05) is 57.9 Å². The van der Waals surface area contributed by atoms with Gasteiger partial charge in [-0.2, -0.15) is 0 Å². The molecule has 2 aromatic heterocycles. The first-order valence-electron chi connectivity index (χ1n) is 7.87. The summed E-state index contributed by atoms with van der Waals surface area (Å²) >= 11 is 5.06. The number of halogens is 1. The fraction of sp³-hybridized carbons (Fsp3) is 0.100. The molecule has 5 heteroatoms. The molecule has 0 aliphatic rings. The maximum Gasteiger partial charge on any atom is 0.226 e. The highest BCUT2D eigenvalue weighted by molar-refractivity contribution is 9.10. The van der Waals surface area contributed by atoms with Crippen LogP contribution in [0.4, 0.5) is 0 Å². The Bertz CT molecular complexity index is 1010. The standard InChI is InChI=1S/C20H15BrN2OS/c1-13-2-6-15(7-3-13)17-11-25-20-18(17)19(22-12-23-20)24-10-14-4-8-16(21)9-5-14/h2-9,11-12H,10H2,1H3. The summed E-state index contributed by atoms with van der Waals surface area (Å²) in [5.74, 6) is 0.629. The van der Waals surface area contributed by atoms with Gasteiger partial charge in [-0.15, -0.1) is 11.3 Å². The largest absolute Gasteiger partial charge is 0.472 e. The van der Waals surface area contributed by atoms with E-state index in [1.54, 1.807) is 17.7 Å². The maximum atomic E-state index is 6.03. The van der Waals surface area contributed by atoms with Gasteiger partial charge in [0, 0.05) is 15.4 Å². The van der Waals surface area contributed by atoms with Crippen molar-refractivity contribution in [2.75, 3.05) is 0 Å². The second-order valence-electron chi connectivity index (χ2n) is 5.79. The Labute approximate surface area is 158 Å². The van der Waals surface area contributed by atoms with Crippen LogP contribution in [-0.4, -0.2) is 9.97 Å². The molecule has 2 heterocycles. The number of rotatable bonds is 4. The van der Waals surface area contributed by atoms with Crippen LogP contribution in [0.2, 0.25) is 0 Å². The van der Waals surface area contributed by atoms with Crippen molar-refractivity contribution in [1.29, 1.82) is 0 Å². The average molecular weight is 411 g/mol. The Hall–Kier alpha value is -2.24. The van der Waals surface area contributed by atoms with Crippen LogP contribution in [0.15, 0.2) is 64.7 Å². The third-order valence-electron chi connectivity index (χ3n) is 3.99. The highest BCUT2D eigenvalue weighted by Crippen LogP contribution is 2.37. The zero-order chi connectivity index (χ0) is 17.2. The number of nitrogens with zero attached hydrogens (tertiary/aromatic N) is 2. The van der Waals surface area contributed by atoms with Crippen LogP contribution in [0.1, 0.15) is 11.1 Å². The first kappa shape index (κ1) is 16.2. The van der Waals surface area contributed by atoms with Gasteiger partial charge in [0.05, 0.1) is 5.39 Å². The Morgan fingerprint density at radius 2 is 1.76 bits per heavy atom. The molecular formula is C20H15BrN2OS. The Morgan fingerprint density at radius 1 is 1.00 bits per heavy atom. The topological polar surface area (TPSA) is 35.0 Å². The minimum atomic E-state index is 0.475. The molecule has 0 saturated heterocycles. The van der Waals surface area contributed by atoms with Crippen molar-refractivity contribution in [3.63, 3.8) is 0 Å². The average Bonchev–Trinajstić information content (AvgIpc) is 3.07. The number of aromatic nitrogens is 2. The van der Waals surface area contributed by atoms with E-state index in [0.717, 1.165) is 31.4 Å². The molecule has 0 spiro atoms. The van der Waals surface area contributed by atoms with E-state index in [9.17, 15) is 0 Å². The van der Waals surface area contributed by atoms with Crippen LogP contribution >= 0.6 is 27.3 Å². The lowest BCUT2D eigenvalue weighted by atomic mass is 10.0. The van der Waals surface area contributed by atoms with E-state index in [0.29, 0.717) is 12.5 Å². The molecule has 0 atom stereocenters. The Kier molecular flexibility index (Phi) is 4.51. The highest BCUT2D eigenvalue weighted by Gasteiger charge is 2.14. The van der Waals surface area contributed by atoms with Crippen molar-refractivity contribution in [1.82, 2.24) is 9.97 Å². The van der Waals surface area contributed by atoms with Crippen LogP contribution in [0.5, 0.6) is 5.88 Å². The molecule has 0 unspecified atom stereocenters. The number of hydrogen-bond donors (Lipinski definition) is 0. The fourth-order valence-electron chi connectivity index (χ4n) is 2.64. The fourth-order valence-corrected chi connectivity index (χ4v) is 3.81. The normalized spacial score (nSPS) is 11.0. The summed E-state index contributed by atoms with van der Waals surface area (Å²) in [5, 5.41) is 3.10. The van der Waals surface area contributed by atoms with Crippen LogP contribution in [0.25, 0.3) is 21.3 Å². The Balaban J connectivity index is 1.70. The van der Waals surface area contributed by atoms with Gasteiger partial charge < -0.3 is 4.74 Å². The van der Waals surface area contributed by atoms with Gasteiger partial charge in [0.2, 0.25) is 5.88 Å². The summed E-state index contributed by atoms with van der Waals surface area (Å²) in [6, 6.07) is 16.6. The number of thiophene rings is 1. The van der Waals surface area contributed by atoms with Gasteiger partial charge >= 0.3 is 0 Å². The number of ether oxygens (including phenoxy) is 1. The van der Waals surface area contributed by atoms with E-state index in [1.165, 1.54) is 5.56 Å². The van der Waals surface area contributed by atoms with Crippen molar-refractivity contribution in [3.8, 4) is 17.0 Å². The SMILES string of the molecule is Cc1ccc(-c2csc3ncnc(OCc4ccc(Br)cc4)c23)cc1. The number of aryl methyl sites for hydroxylation is 1. The van der Waals surface area contributed by atoms with Crippen LogP contribution < -0.4 is 4.74 Å². The van der Waals surface area contributed by atoms with Gasteiger partial charge in [-0.25, -0.2) is 9.97 Å². The van der Waals surface area contributed by atoms with Gasteiger partial charge in [-0.3, -0.25) is 0 Å². The first-order chi connectivity index (χ1) is 12.2. The molecule has 3 nitrogen and oxygen atoms in total. The molecule has 0 fully saturated rings. The highest BCUT2D eigenvalue weighted by atomic mass is 79.9. The molecule has 25 heavy (non-hydrogen) atoms. The summed E-state index contributed by atoms with van der Waals surface area (Å²) in [6.45, 7) is 2.56. The lowest BCUT2D eigenvalue weighted by Gasteiger charge is -2.08. The third-order valence-corrected chi connectivity index (χ3v) is 5.40. The molecule has 0 aliphatic heterocycles. The molecule has 0 N–H and O–H groups in total. The van der Waals surface area contributed by atoms with Crippen molar-refractivity contribution >= 4 is 37.5 Å². The van der Waals surface area contributed by atoms with E-state index in [-0.39, 0.29) is 0 Å². The van der Waals surface area contributed by atoms with Crippen LogP contribution in [-0.2, 0) is 6.61 Å². The van der Waals surface area contributed by atoms with Crippen LogP contribution in [0.3, 0.4) is 0 Å². The lowest BCUT2D eigenvalue weighted by Crippen LogP contribution is -1.98. The van der Waals surface area contributed by atoms with Gasteiger partial charge in [0.15, 0.2) is 0 Å². The van der Waals surface area contributed by atoms with Crippen molar-refractivity contribution in [3.05, 3.63) is 75.8 Å². The predicted molar refractivity (Wildman–Crippen MR) is 106 cm³/mol. The minimum absolute atomic E-state index is 0.475. The van der Waals surface area contributed by atoms with Crippen molar-refractivity contribution in [2.24, 2.45) is 0 Å². The molecule has 124 valence electrons. The quantitative estimate of drug-likeness (QED) is 0.413. The predicted octanol–water partition coefficient (Wildman–Crippen LogP) is 6.01. The zero-order valence-corrected chi connectivity index (χ0v) is 16.0. The minimum Gasteiger partial charge on any atom is -0.472 e. The molecule has 4 aromatic rings. The first-order valence-corrected chi connectivity index (χ1v) is 9.54. The summed E-state index contributed by atoms with van der Waals surface area (Å²) < 4.78 is 7.09. The molecular weight excluding hydrogens is 396 g/mol. The summed E-state index contributed by atoms with van der Waals surface area (Å²) in [7, 11) is 0. The molecule has 0 bridgehead atoms. The summed E-state index contributed by atoms with van der Waals surface area (Å²) in [6.07, 6.45) is 1.56. The van der Waals surface area contributed by atoms with Gasteiger partial charge in [0.25, 0.3) is 0 Å². The van der Waals surface area contributed by atoms with E-state index in [1.807, 2.05) is 24.3 Å². The smallest absolute Gasteiger partial charge is 0.226 e. The van der Waals surface area contributed by atoms with Crippen molar-refractivity contribution in [2.45, 2.75) is 13.5 Å². The second-order valence-corrected chi connectivity index (χ2v) is 7.56. The summed E-state index contributed by atoms with van der Waals surface area (Å²) in [5.41, 5.74) is 4.61. The summed E-state index contributed by atoms with van der Waals surface area (Å²) in [4.78, 5) is 9.71. The number of fused-ring (bicyclic) bond motifs is 1. The van der Waals surface area contributed by atoms with E-state index in [4.69, 9.17) is 4.74 Å². The maximum absolute atomic E-state index is 6.03. The third kappa shape index (κ3) is 3.43.